The largest absolute Gasteiger partial charge is 0.352 e. The van der Waals surface area contributed by atoms with Crippen LogP contribution in [0.2, 0.25) is 5.02 Å². The maximum absolute atomic E-state index is 13.4. The summed E-state index contributed by atoms with van der Waals surface area (Å²) in [6.07, 6.45) is 0.0719. The molecule has 0 spiro atoms. The lowest BCUT2D eigenvalue weighted by molar-refractivity contribution is 0.0953. The van der Waals surface area contributed by atoms with E-state index < -0.39 is 11.6 Å². The number of carbonyl (C=O) groups excluding carboxylic acids is 1. The third kappa shape index (κ3) is 4.02. The predicted octanol–water partition coefficient (Wildman–Crippen LogP) is 4.35. The fourth-order valence-electron chi connectivity index (χ4n) is 1.84. The Morgan fingerprint density at radius 3 is 2.52 bits per heavy atom. The van der Waals surface area contributed by atoms with Crippen molar-refractivity contribution < 1.29 is 13.6 Å². The molecule has 0 aliphatic carbocycles. The van der Waals surface area contributed by atoms with E-state index in [9.17, 15) is 13.6 Å². The molecule has 0 aromatic heterocycles. The van der Waals surface area contributed by atoms with Gasteiger partial charge in [0.1, 0.15) is 11.6 Å². The summed E-state index contributed by atoms with van der Waals surface area (Å²) in [5.74, 6) is -1.59. The molecule has 0 radical (unpaired) electrons. The van der Waals surface area contributed by atoms with Crippen LogP contribution in [0.4, 0.5) is 8.78 Å². The first-order valence-corrected chi connectivity index (χ1v) is 7.32. The van der Waals surface area contributed by atoms with E-state index in [1.165, 1.54) is 24.3 Å². The molecule has 21 heavy (non-hydrogen) atoms. The summed E-state index contributed by atoms with van der Waals surface area (Å²) in [6.45, 7) is 0.121. The van der Waals surface area contributed by atoms with Crippen molar-refractivity contribution in [3.63, 3.8) is 0 Å². The van der Waals surface area contributed by atoms with Crippen LogP contribution < -0.4 is 5.32 Å². The van der Waals surface area contributed by atoms with Gasteiger partial charge in [-0.25, -0.2) is 8.78 Å². The zero-order chi connectivity index (χ0) is 15.4. The summed E-state index contributed by atoms with van der Waals surface area (Å²) < 4.78 is 27.5. The average molecular weight is 375 g/mol. The van der Waals surface area contributed by atoms with E-state index in [0.717, 1.165) is 0 Å². The number of rotatable bonds is 4. The molecule has 0 bridgehead atoms. The van der Waals surface area contributed by atoms with E-state index in [4.69, 9.17) is 11.6 Å². The molecule has 2 nitrogen and oxygen atoms in total. The van der Waals surface area contributed by atoms with E-state index in [1.54, 1.807) is 12.1 Å². The number of hydrogen-bond acceptors (Lipinski definition) is 1. The predicted molar refractivity (Wildman–Crippen MR) is 81.5 cm³/mol. The second-order valence-electron chi connectivity index (χ2n) is 4.33. The van der Waals surface area contributed by atoms with Crippen molar-refractivity contribution >= 4 is 33.4 Å². The summed E-state index contributed by atoms with van der Waals surface area (Å²) in [5.41, 5.74) is 0.333. The first-order valence-electron chi connectivity index (χ1n) is 6.15. The summed E-state index contributed by atoms with van der Waals surface area (Å²) in [5, 5.41) is 3.04. The maximum atomic E-state index is 13.4. The Bertz CT molecular complexity index is 658. The topological polar surface area (TPSA) is 29.1 Å². The highest BCUT2D eigenvalue weighted by Gasteiger charge is 2.12. The lowest BCUT2D eigenvalue weighted by Gasteiger charge is -2.08. The first-order chi connectivity index (χ1) is 9.99. The Hall–Kier alpha value is -1.46. The number of carbonyl (C=O) groups is 1. The molecule has 2 aromatic rings. The Kier molecular flexibility index (Phi) is 5.31. The first kappa shape index (κ1) is 15.9. The van der Waals surface area contributed by atoms with Crippen molar-refractivity contribution in [2.45, 2.75) is 6.42 Å². The van der Waals surface area contributed by atoms with Crippen LogP contribution >= 0.6 is 27.5 Å². The van der Waals surface area contributed by atoms with Crippen molar-refractivity contribution in [2.75, 3.05) is 6.54 Å². The minimum atomic E-state index is -0.617. The summed E-state index contributed by atoms with van der Waals surface area (Å²) in [7, 11) is 0. The highest BCUT2D eigenvalue weighted by molar-refractivity contribution is 9.10. The molecule has 0 saturated carbocycles. The second kappa shape index (κ2) is 7.00. The van der Waals surface area contributed by atoms with Crippen LogP contribution in [0.1, 0.15) is 15.9 Å². The fraction of sp³-hybridized carbons (Fsp3) is 0.133. The number of halogens is 4. The van der Waals surface area contributed by atoms with Crippen LogP contribution in [0, 0.1) is 11.6 Å². The Labute approximate surface area is 134 Å². The number of benzene rings is 2. The van der Waals surface area contributed by atoms with Gasteiger partial charge in [0.25, 0.3) is 5.91 Å². The van der Waals surface area contributed by atoms with Crippen LogP contribution in [0.25, 0.3) is 0 Å². The second-order valence-corrected chi connectivity index (χ2v) is 5.62. The Morgan fingerprint density at radius 2 is 1.86 bits per heavy atom. The van der Waals surface area contributed by atoms with Gasteiger partial charge in [-0.2, -0.15) is 0 Å². The lowest BCUT2D eigenvalue weighted by Crippen LogP contribution is -2.26. The molecule has 1 amide bonds. The van der Waals surface area contributed by atoms with E-state index in [2.05, 4.69) is 21.2 Å². The van der Waals surface area contributed by atoms with Gasteiger partial charge in [0.2, 0.25) is 0 Å². The molecule has 0 fully saturated rings. The van der Waals surface area contributed by atoms with Crippen molar-refractivity contribution in [3.05, 3.63) is 68.7 Å². The standard InChI is InChI=1S/C15H11BrClF2NO/c16-12-5-4-9(17)8-11(12)15(21)20-7-6-10-13(18)2-1-3-14(10)19/h1-5,8H,6-7H2,(H,20,21). The van der Waals surface area contributed by atoms with Crippen molar-refractivity contribution in [3.8, 4) is 0 Å². The normalized spacial score (nSPS) is 10.5. The molecule has 0 atom stereocenters. The van der Waals surface area contributed by atoms with Crippen LogP contribution in [0.3, 0.4) is 0 Å². The lowest BCUT2D eigenvalue weighted by atomic mass is 10.1. The van der Waals surface area contributed by atoms with Crippen LogP contribution in [0.5, 0.6) is 0 Å². The van der Waals surface area contributed by atoms with E-state index in [1.807, 2.05) is 0 Å². The van der Waals surface area contributed by atoms with Gasteiger partial charge in [-0.3, -0.25) is 4.79 Å². The quantitative estimate of drug-likeness (QED) is 0.847. The highest BCUT2D eigenvalue weighted by Crippen LogP contribution is 2.21. The molecule has 0 saturated heterocycles. The Balaban J connectivity index is 2.00. The van der Waals surface area contributed by atoms with Gasteiger partial charge >= 0.3 is 0 Å². The zero-order valence-corrected chi connectivity index (χ0v) is 13.1. The van der Waals surface area contributed by atoms with Crippen molar-refractivity contribution in [1.29, 1.82) is 0 Å². The van der Waals surface area contributed by atoms with Crippen molar-refractivity contribution in [2.24, 2.45) is 0 Å². The highest BCUT2D eigenvalue weighted by atomic mass is 79.9. The van der Waals surface area contributed by atoms with Crippen molar-refractivity contribution in [1.82, 2.24) is 5.32 Å². The molecule has 110 valence electrons. The van der Waals surface area contributed by atoms with Gasteiger partial charge in [0, 0.05) is 21.6 Å². The molecule has 0 unspecified atom stereocenters. The monoisotopic (exact) mass is 373 g/mol. The SMILES string of the molecule is O=C(NCCc1c(F)cccc1F)c1cc(Cl)ccc1Br. The minimum absolute atomic E-state index is 0.0389. The third-order valence-corrected chi connectivity index (χ3v) is 3.82. The molecule has 0 aliphatic heterocycles. The van der Waals surface area contributed by atoms with E-state index in [0.29, 0.717) is 15.1 Å². The van der Waals surface area contributed by atoms with Gasteiger partial charge in [-0.05, 0) is 52.7 Å². The van der Waals surface area contributed by atoms with Gasteiger partial charge < -0.3 is 5.32 Å². The molecular weight excluding hydrogens is 364 g/mol. The molecule has 2 rings (SSSR count). The number of hydrogen-bond donors (Lipinski definition) is 1. The summed E-state index contributed by atoms with van der Waals surface area (Å²) >= 11 is 9.08. The Morgan fingerprint density at radius 1 is 1.19 bits per heavy atom. The molecule has 2 aromatic carbocycles. The molecular formula is C15H11BrClF2NO. The number of nitrogens with one attached hydrogen (secondary N) is 1. The molecule has 0 heterocycles. The molecule has 0 aliphatic rings. The maximum Gasteiger partial charge on any atom is 0.252 e. The minimum Gasteiger partial charge on any atom is -0.352 e. The van der Waals surface area contributed by atoms with Crippen LogP contribution in [-0.2, 0) is 6.42 Å². The summed E-state index contributed by atoms with van der Waals surface area (Å²) in [4.78, 5) is 12.0. The van der Waals surface area contributed by atoms with Crippen LogP contribution in [0.15, 0.2) is 40.9 Å². The van der Waals surface area contributed by atoms with Crippen LogP contribution in [-0.4, -0.2) is 12.5 Å². The third-order valence-electron chi connectivity index (χ3n) is 2.90. The van der Waals surface area contributed by atoms with E-state index in [-0.39, 0.29) is 24.4 Å². The fourth-order valence-corrected chi connectivity index (χ4v) is 2.44. The molecule has 1 N–H and O–H groups in total. The zero-order valence-electron chi connectivity index (χ0n) is 10.8. The van der Waals surface area contributed by atoms with Gasteiger partial charge in [-0.1, -0.05) is 17.7 Å². The molecule has 6 heteroatoms. The number of amides is 1. The van der Waals surface area contributed by atoms with Gasteiger partial charge in [0.05, 0.1) is 5.56 Å². The smallest absolute Gasteiger partial charge is 0.252 e. The summed E-state index contributed by atoms with van der Waals surface area (Å²) in [6, 6.07) is 8.51. The van der Waals surface area contributed by atoms with Gasteiger partial charge in [-0.15, -0.1) is 0 Å². The van der Waals surface area contributed by atoms with Gasteiger partial charge in [0.15, 0.2) is 0 Å². The average Bonchev–Trinajstić information content (AvgIpc) is 2.44. The van der Waals surface area contributed by atoms with E-state index >= 15 is 0 Å².